The number of unbranched alkanes of at least 4 members (excludes halogenated alkanes) is 12. The number of aromatic amines is 1. The van der Waals surface area contributed by atoms with Gasteiger partial charge in [0.15, 0.2) is 0 Å². The van der Waals surface area contributed by atoms with Crippen LogP contribution in [0, 0.1) is 0 Å². The van der Waals surface area contributed by atoms with Gasteiger partial charge in [-0.3, -0.25) is 42.9 Å². The number of benzene rings is 6. The highest BCUT2D eigenvalue weighted by Gasteiger charge is 2.30. The van der Waals surface area contributed by atoms with E-state index in [-0.39, 0.29) is 45.1 Å². The molecule has 0 radical (unpaired) electrons. The number of pyridine rings is 2. The Bertz CT molecular complexity index is 3200. The molecule has 0 aliphatic carbocycles. The molecule has 0 unspecified atom stereocenters. The van der Waals surface area contributed by atoms with Crippen molar-refractivity contribution in [3.05, 3.63) is 98.5 Å². The maximum absolute atomic E-state index is 15.1. The number of H-pyrrole nitrogens is 1. The molecule has 0 atom stereocenters. The summed E-state index contributed by atoms with van der Waals surface area (Å²) in [5, 5.41) is 8.24. The molecule has 63 heavy (non-hydrogen) atoms. The summed E-state index contributed by atoms with van der Waals surface area (Å²) in [6.45, 7) is 8.68. The van der Waals surface area contributed by atoms with Crippen LogP contribution in [0.25, 0.3) is 86.2 Å². The van der Waals surface area contributed by atoms with Crippen molar-refractivity contribution in [2.75, 3.05) is 0 Å². The molecule has 1 N–H and O–H groups in total. The molecule has 0 aliphatic heterocycles. The van der Waals surface area contributed by atoms with Gasteiger partial charge in [-0.2, -0.15) is 0 Å². The van der Waals surface area contributed by atoms with Gasteiger partial charge in [-0.05, 0) is 93.0 Å². The molecule has 9 aromatic rings. The minimum absolute atomic E-state index is 0.177. The van der Waals surface area contributed by atoms with Crippen molar-refractivity contribution in [2.24, 2.45) is 0 Å². The molecule has 9 nitrogen and oxygen atoms in total. The summed E-state index contributed by atoms with van der Waals surface area (Å²) in [5.41, 5.74) is -2.45. The number of nitrogens with zero attached hydrogens (tertiary/aromatic N) is 2. The molecular weight excluding hydrogens is 787 g/mol. The second-order valence-corrected chi connectivity index (χ2v) is 18.7. The molecule has 0 bridgehead atoms. The van der Waals surface area contributed by atoms with E-state index in [4.69, 9.17) is 0 Å². The van der Waals surface area contributed by atoms with Gasteiger partial charge in [0, 0.05) is 44.4 Å². The quantitative estimate of drug-likeness (QED) is 0.0411. The minimum atomic E-state index is -0.558. The van der Waals surface area contributed by atoms with Gasteiger partial charge >= 0.3 is 0 Å². The Hall–Kier alpha value is -5.44. The average molecular weight is 848 g/mol. The third-order valence-electron chi connectivity index (χ3n) is 14.7. The third kappa shape index (κ3) is 6.87. The first-order chi connectivity index (χ1) is 30.7. The summed E-state index contributed by atoms with van der Waals surface area (Å²) in [6, 6.07) is 10.5. The maximum Gasteiger partial charge on any atom is 0.261 e. The molecule has 9 rings (SSSR count). The van der Waals surface area contributed by atoms with E-state index >= 15 is 9.59 Å². The van der Waals surface area contributed by atoms with E-state index in [1.165, 1.54) is 9.13 Å². The van der Waals surface area contributed by atoms with Crippen molar-refractivity contribution < 1.29 is 0 Å². The van der Waals surface area contributed by atoms with E-state index in [1.54, 1.807) is 12.1 Å². The van der Waals surface area contributed by atoms with Crippen molar-refractivity contribution in [2.45, 2.75) is 168 Å². The summed E-state index contributed by atoms with van der Waals surface area (Å²) in [7, 11) is 0. The van der Waals surface area contributed by atoms with Crippen LogP contribution in [0.4, 0.5) is 0 Å². The molecule has 9 heteroatoms. The SMILES string of the molecule is CCCCCCC(CCCCCC)n1c(=O)c2ccc3c4ccc5c(=O)n(C(CCCCCC)CCCCCC)c(=O)c6cc7c8c(=O)[nH]c(=O)c8c8cc(c1=O)c2c3c8c7c4c56. The Morgan fingerprint density at radius 2 is 0.651 bits per heavy atom. The van der Waals surface area contributed by atoms with Crippen LogP contribution >= 0.6 is 0 Å². The molecule has 328 valence electrons. The zero-order valence-electron chi connectivity index (χ0n) is 37.6. The lowest BCUT2D eigenvalue weighted by atomic mass is 9.81. The van der Waals surface area contributed by atoms with Crippen LogP contribution in [0.3, 0.4) is 0 Å². The maximum atomic E-state index is 15.1. The van der Waals surface area contributed by atoms with Crippen LogP contribution in [-0.4, -0.2) is 14.1 Å². The number of rotatable bonds is 22. The predicted molar refractivity (Wildman–Crippen MR) is 263 cm³/mol. The lowest BCUT2D eigenvalue weighted by Gasteiger charge is -2.24. The third-order valence-corrected chi connectivity index (χ3v) is 14.7. The topological polar surface area (TPSA) is 128 Å². The van der Waals surface area contributed by atoms with Crippen molar-refractivity contribution in [1.29, 1.82) is 0 Å². The predicted octanol–water partition coefficient (Wildman–Crippen LogP) is 12.2. The van der Waals surface area contributed by atoms with E-state index < -0.39 is 11.1 Å². The fraction of sp³-hybridized carbons (Fsp3) is 0.481. The number of hydrogen-bond acceptors (Lipinski definition) is 6. The van der Waals surface area contributed by atoms with Crippen LogP contribution in [0.2, 0.25) is 0 Å². The van der Waals surface area contributed by atoms with Gasteiger partial charge in [0.05, 0.1) is 10.8 Å². The molecule has 0 amide bonds. The number of hydrogen-bond donors (Lipinski definition) is 1. The average Bonchev–Trinajstić information content (AvgIpc) is 3.59. The Kier molecular flexibility index (Phi) is 12.0. The molecule has 0 aliphatic rings. The fourth-order valence-electron chi connectivity index (χ4n) is 11.6. The van der Waals surface area contributed by atoms with Crippen LogP contribution in [0.1, 0.15) is 168 Å². The molecule has 6 aromatic carbocycles. The van der Waals surface area contributed by atoms with Crippen LogP contribution in [0.15, 0.2) is 65.2 Å². The fourth-order valence-corrected chi connectivity index (χ4v) is 11.6. The lowest BCUT2D eigenvalue weighted by Crippen LogP contribution is -2.37. The molecule has 3 aromatic heterocycles. The van der Waals surface area contributed by atoms with Gasteiger partial charge in [0.1, 0.15) is 0 Å². The number of aromatic nitrogens is 3. The second kappa shape index (κ2) is 17.6. The lowest BCUT2D eigenvalue weighted by molar-refractivity contribution is 0.384. The molecule has 0 saturated carbocycles. The molecule has 0 spiro atoms. The van der Waals surface area contributed by atoms with Gasteiger partial charge in [-0.25, -0.2) is 0 Å². The molecule has 0 fully saturated rings. The Balaban J connectivity index is 1.37. The van der Waals surface area contributed by atoms with Crippen molar-refractivity contribution in [3.8, 4) is 0 Å². The zero-order chi connectivity index (χ0) is 44.1. The van der Waals surface area contributed by atoms with E-state index in [2.05, 4.69) is 32.7 Å². The summed E-state index contributed by atoms with van der Waals surface area (Å²) >= 11 is 0. The first-order valence-corrected chi connectivity index (χ1v) is 24.3. The number of fused-ring (bicyclic) bond motifs is 4. The monoisotopic (exact) mass is 847 g/mol. The van der Waals surface area contributed by atoms with E-state index in [0.717, 1.165) is 139 Å². The molecular formula is C54H61N3O6. The highest BCUT2D eigenvalue weighted by molar-refractivity contribution is 6.48. The smallest absolute Gasteiger partial charge is 0.261 e. The summed E-state index contributed by atoms with van der Waals surface area (Å²) < 4.78 is 3.00. The van der Waals surface area contributed by atoms with E-state index in [9.17, 15) is 19.2 Å². The summed E-state index contributed by atoms with van der Waals surface area (Å²) in [4.78, 5) is 90.4. The van der Waals surface area contributed by atoms with Gasteiger partial charge in [-0.1, -0.05) is 143 Å². The summed E-state index contributed by atoms with van der Waals surface area (Å²) in [6.07, 6.45) is 19.5. The van der Waals surface area contributed by atoms with Gasteiger partial charge in [0.2, 0.25) is 0 Å². The van der Waals surface area contributed by atoms with Crippen molar-refractivity contribution >= 4 is 86.2 Å². The first kappa shape index (κ1) is 42.8. The van der Waals surface area contributed by atoms with Gasteiger partial charge < -0.3 is 0 Å². The molecule has 3 heterocycles. The zero-order valence-corrected chi connectivity index (χ0v) is 37.6. The second-order valence-electron chi connectivity index (χ2n) is 18.7. The first-order valence-electron chi connectivity index (χ1n) is 24.3. The normalized spacial score (nSPS) is 12.8. The van der Waals surface area contributed by atoms with Crippen LogP contribution in [-0.2, 0) is 0 Å². The highest BCUT2D eigenvalue weighted by atomic mass is 16.2. The Morgan fingerprint density at radius 1 is 0.349 bits per heavy atom. The Labute approximate surface area is 365 Å². The van der Waals surface area contributed by atoms with Crippen molar-refractivity contribution in [1.82, 2.24) is 14.1 Å². The number of nitrogens with one attached hydrogen (secondary N) is 1. The summed E-state index contributed by atoms with van der Waals surface area (Å²) in [5.74, 6) is 0. The minimum Gasteiger partial charge on any atom is -0.288 e. The highest BCUT2D eigenvalue weighted by Crippen LogP contribution is 2.50. The van der Waals surface area contributed by atoms with E-state index in [0.29, 0.717) is 64.6 Å². The van der Waals surface area contributed by atoms with Crippen LogP contribution < -0.4 is 33.4 Å². The largest absolute Gasteiger partial charge is 0.288 e. The standard InChI is InChI=1S/C54H61N3O6/c1-5-9-13-17-21-31(22-18-14-10-6-2)56-51(60)35-27-25-33-34-26-28-36-42-40(54(63)57(52(36)61)32(23-19-15-11-7-3)24-20-16-12-8-4)30-38-46(44(34)42)45-37(47-48(38)50(59)55-49(47)58)29-39(53(56)62)41(35)43(33)45/h25-32H,5-24H2,1-4H3,(H,55,58,59). The van der Waals surface area contributed by atoms with Crippen LogP contribution in [0.5, 0.6) is 0 Å². The van der Waals surface area contributed by atoms with Gasteiger partial charge in [0.25, 0.3) is 33.4 Å². The molecule has 0 saturated heterocycles. The van der Waals surface area contributed by atoms with Gasteiger partial charge in [-0.15, -0.1) is 0 Å². The van der Waals surface area contributed by atoms with Crippen molar-refractivity contribution in [3.63, 3.8) is 0 Å². The Morgan fingerprint density at radius 3 is 0.984 bits per heavy atom. The van der Waals surface area contributed by atoms with E-state index in [1.807, 2.05) is 24.3 Å².